The van der Waals surface area contributed by atoms with Crippen LogP contribution >= 0.6 is 0 Å². The SMILES string of the molecule is CC(C)C1C2CC(N)C(C2)C1C1C2CC(NS(=O)(=O)c3ccc(Oc4ccc(S(=O)(=O)N=[N+]=[N-])cc4)cc3)C(C2)C1C(C)C. The number of benzene rings is 2. The fourth-order valence-corrected chi connectivity index (χ4v) is 12.0. The van der Waals surface area contributed by atoms with Gasteiger partial charge in [-0.3, -0.25) is 0 Å². The van der Waals surface area contributed by atoms with Crippen LogP contribution in [0.5, 0.6) is 11.5 Å². The first-order chi connectivity index (χ1) is 20.8. The monoisotopic (exact) mass is 641 g/mol. The van der Waals surface area contributed by atoms with Gasteiger partial charge in [0.2, 0.25) is 10.0 Å². The maximum absolute atomic E-state index is 13.6. The van der Waals surface area contributed by atoms with Crippen molar-refractivity contribution in [1.29, 1.82) is 0 Å². The van der Waals surface area contributed by atoms with Crippen molar-refractivity contribution < 1.29 is 21.6 Å². The van der Waals surface area contributed by atoms with Gasteiger partial charge < -0.3 is 10.5 Å². The van der Waals surface area contributed by atoms with E-state index in [9.17, 15) is 16.8 Å². The van der Waals surface area contributed by atoms with E-state index in [1.807, 2.05) is 0 Å². The van der Waals surface area contributed by atoms with Gasteiger partial charge in [0.25, 0.3) is 10.0 Å². The largest absolute Gasteiger partial charge is 0.457 e. The minimum absolute atomic E-state index is 0.0745. The second-order valence-corrected chi connectivity index (χ2v) is 17.5. The second-order valence-electron chi connectivity index (χ2n) is 14.2. The zero-order chi connectivity index (χ0) is 31.6. The van der Waals surface area contributed by atoms with Crippen molar-refractivity contribution >= 4 is 20.0 Å². The molecule has 4 aliphatic rings. The molecule has 0 amide bonds. The normalized spacial score (nSPS) is 34.5. The Hall–Kier alpha value is -2.63. The van der Waals surface area contributed by atoms with Crippen LogP contribution in [0.2, 0.25) is 0 Å². The van der Waals surface area contributed by atoms with Crippen molar-refractivity contribution in [2.24, 2.45) is 69.4 Å². The summed E-state index contributed by atoms with van der Waals surface area (Å²) in [5.41, 5.74) is 15.1. The molecule has 3 N–H and O–H groups in total. The fraction of sp³-hybridized carbons (Fsp3) is 0.625. The van der Waals surface area contributed by atoms with Gasteiger partial charge in [-0.25, -0.2) is 21.6 Å². The Labute approximate surface area is 260 Å². The van der Waals surface area contributed by atoms with Gasteiger partial charge >= 0.3 is 0 Å². The number of sulfonamides is 2. The highest BCUT2D eigenvalue weighted by molar-refractivity contribution is 7.90. The van der Waals surface area contributed by atoms with Crippen molar-refractivity contribution in [3.63, 3.8) is 0 Å². The maximum atomic E-state index is 13.6. The molecule has 2 aromatic carbocycles. The number of hydrogen-bond acceptors (Lipinski definition) is 6. The molecule has 6 rings (SSSR count). The van der Waals surface area contributed by atoms with Crippen molar-refractivity contribution in [3.05, 3.63) is 59.0 Å². The smallest absolute Gasteiger partial charge is 0.264 e. The molecule has 0 saturated heterocycles. The molecule has 0 aliphatic heterocycles. The quantitative estimate of drug-likeness (QED) is 0.175. The Morgan fingerprint density at radius 3 is 1.93 bits per heavy atom. The van der Waals surface area contributed by atoms with Crippen LogP contribution in [0.15, 0.2) is 62.8 Å². The van der Waals surface area contributed by atoms with Gasteiger partial charge in [0.05, 0.1) is 9.79 Å². The fourth-order valence-electron chi connectivity index (χ4n) is 9.99. The van der Waals surface area contributed by atoms with E-state index in [1.165, 1.54) is 49.2 Å². The zero-order valence-corrected chi connectivity index (χ0v) is 27.3. The summed E-state index contributed by atoms with van der Waals surface area (Å²) in [4.78, 5) is 2.37. The van der Waals surface area contributed by atoms with Gasteiger partial charge in [-0.15, -0.1) is 0 Å². The number of nitrogens with zero attached hydrogens (tertiary/aromatic N) is 3. The Morgan fingerprint density at radius 1 is 0.795 bits per heavy atom. The topological polar surface area (TPSA) is 164 Å². The third kappa shape index (κ3) is 5.53. The lowest BCUT2D eigenvalue weighted by Gasteiger charge is -2.48. The van der Waals surface area contributed by atoms with Crippen molar-refractivity contribution in [2.75, 3.05) is 0 Å². The molecule has 4 saturated carbocycles. The van der Waals surface area contributed by atoms with E-state index in [-0.39, 0.29) is 15.8 Å². The second kappa shape index (κ2) is 11.6. The molecule has 4 bridgehead atoms. The van der Waals surface area contributed by atoms with E-state index >= 15 is 0 Å². The van der Waals surface area contributed by atoms with E-state index in [1.54, 1.807) is 12.1 Å². The van der Waals surface area contributed by atoms with Gasteiger partial charge in [0, 0.05) is 21.5 Å². The number of azide groups is 1. The number of rotatable bonds is 10. The highest BCUT2D eigenvalue weighted by atomic mass is 32.2. The first kappa shape index (κ1) is 31.4. The van der Waals surface area contributed by atoms with Crippen LogP contribution < -0.4 is 15.2 Å². The average molecular weight is 642 g/mol. The van der Waals surface area contributed by atoms with Gasteiger partial charge in [0.1, 0.15) is 11.5 Å². The highest BCUT2D eigenvalue weighted by Gasteiger charge is 2.63. The van der Waals surface area contributed by atoms with Crippen LogP contribution in [0.3, 0.4) is 0 Å². The number of nitrogens with two attached hydrogens (primary N) is 1. The summed E-state index contributed by atoms with van der Waals surface area (Å²) in [5, 5.41) is 0. The molecule has 10 atom stereocenters. The third-order valence-electron chi connectivity index (χ3n) is 11.2. The standard InChI is InChI=1S/C32H43N5O5S2/c1-17(2)29-19-13-25(27(33)15-19)32(29)31-20-14-26(30(31)18(3)4)28(16-20)35-43(38,39)23-9-5-21(6-10-23)42-22-7-11-24(12-8-22)44(40,41)37-36-34/h5-12,17-20,25-32,35H,13-16,33H2,1-4H3. The predicted molar refractivity (Wildman–Crippen MR) is 167 cm³/mol. The summed E-state index contributed by atoms with van der Waals surface area (Å²) < 4.78 is 62.6. The summed E-state index contributed by atoms with van der Waals surface area (Å²) in [6.07, 6.45) is 4.41. The van der Waals surface area contributed by atoms with Crippen LogP contribution in [0.1, 0.15) is 53.4 Å². The lowest BCUT2D eigenvalue weighted by molar-refractivity contribution is 0.0133. The molecule has 0 spiro atoms. The summed E-state index contributed by atoms with van der Waals surface area (Å²) in [5.74, 6) is 6.59. The summed E-state index contributed by atoms with van der Waals surface area (Å²) in [6.45, 7) is 9.39. The van der Waals surface area contributed by atoms with Gasteiger partial charge in [-0.1, -0.05) is 27.7 Å². The lowest BCUT2D eigenvalue weighted by atomic mass is 9.58. The Balaban J connectivity index is 1.14. The molecule has 0 aromatic heterocycles. The first-order valence-corrected chi connectivity index (χ1v) is 18.7. The van der Waals surface area contributed by atoms with Crippen LogP contribution in [0.25, 0.3) is 10.4 Å². The Kier molecular flexibility index (Phi) is 8.28. The lowest BCUT2D eigenvalue weighted by Crippen LogP contribution is -2.50. The molecule has 10 unspecified atom stereocenters. The van der Waals surface area contributed by atoms with E-state index < -0.39 is 20.0 Å². The minimum atomic E-state index is -4.09. The van der Waals surface area contributed by atoms with Crippen molar-refractivity contribution in [2.45, 2.75) is 75.3 Å². The molecule has 4 aliphatic carbocycles. The average Bonchev–Trinajstić information content (AvgIpc) is 3.72. The molecular weight excluding hydrogens is 599 g/mol. The Morgan fingerprint density at radius 2 is 1.36 bits per heavy atom. The molecular formula is C32H43N5O5S2. The van der Waals surface area contributed by atoms with Crippen LogP contribution in [0, 0.1) is 59.2 Å². The number of hydrogen-bond donors (Lipinski definition) is 2. The number of fused-ring (bicyclic) bond motifs is 4. The number of nitrogens with one attached hydrogen (secondary N) is 1. The molecule has 2 aromatic rings. The number of ether oxygens (including phenoxy) is 1. The highest BCUT2D eigenvalue weighted by Crippen LogP contribution is 2.66. The maximum Gasteiger partial charge on any atom is 0.264 e. The van der Waals surface area contributed by atoms with Crippen molar-refractivity contribution in [1.82, 2.24) is 4.72 Å². The molecule has 4 fully saturated rings. The van der Waals surface area contributed by atoms with E-state index in [4.69, 9.17) is 16.0 Å². The van der Waals surface area contributed by atoms with Crippen molar-refractivity contribution in [3.8, 4) is 11.5 Å². The Bertz CT molecular complexity index is 1640. The minimum Gasteiger partial charge on any atom is -0.457 e. The summed E-state index contributed by atoms with van der Waals surface area (Å²) in [6, 6.07) is 11.9. The first-order valence-electron chi connectivity index (χ1n) is 15.8. The molecule has 238 valence electrons. The third-order valence-corrected chi connectivity index (χ3v) is 13.9. The van der Waals surface area contributed by atoms with E-state index in [0.29, 0.717) is 64.9 Å². The summed E-state index contributed by atoms with van der Waals surface area (Å²) in [7, 11) is -7.83. The van der Waals surface area contributed by atoms with Gasteiger partial charge in [0.15, 0.2) is 0 Å². The van der Waals surface area contributed by atoms with Crippen LogP contribution in [0.4, 0.5) is 0 Å². The molecule has 12 heteroatoms. The summed E-state index contributed by atoms with van der Waals surface area (Å²) >= 11 is 0. The molecule has 44 heavy (non-hydrogen) atoms. The zero-order valence-electron chi connectivity index (χ0n) is 25.7. The van der Waals surface area contributed by atoms with Gasteiger partial charge in [-0.2, -0.15) is 0 Å². The van der Waals surface area contributed by atoms with E-state index in [2.05, 4.69) is 41.8 Å². The van der Waals surface area contributed by atoms with Crippen LogP contribution in [-0.2, 0) is 20.0 Å². The molecule has 10 nitrogen and oxygen atoms in total. The van der Waals surface area contributed by atoms with E-state index in [0.717, 1.165) is 24.7 Å². The van der Waals surface area contributed by atoms with Gasteiger partial charge in [-0.05, 0) is 139 Å². The molecule has 0 radical (unpaired) electrons. The predicted octanol–water partition coefficient (Wildman–Crippen LogP) is 6.31. The van der Waals surface area contributed by atoms with Crippen LogP contribution in [-0.4, -0.2) is 28.9 Å². The molecule has 0 heterocycles.